The average molecular weight is 1920 g/mol. The van der Waals surface area contributed by atoms with Crippen LogP contribution < -0.4 is 39.0 Å². The van der Waals surface area contributed by atoms with Gasteiger partial charge in [0.15, 0.2) is 12.1 Å². The number of alkyl carbamates (subject to hydrolysis) is 3. The number of aromatic hydroxyl groups is 1. The Balaban J connectivity index is 0.000000298. The van der Waals surface area contributed by atoms with Crippen molar-refractivity contribution >= 4 is 81.0 Å². The van der Waals surface area contributed by atoms with Gasteiger partial charge in [-0.05, 0) is 295 Å². The molecule has 0 spiro atoms. The molecule has 5 atom stereocenters. The third-order valence-electron chi connectivity index (χ3n) is 25.1. The van der Waals surface area contributed by atoms with Gasteiger partial charge < -0.3 is 88.1 Å². The summed E-state index contributed by atoms with van der Waals surface area (Å²) in [5.74, 6) is 0.763. The van der Waals surface area contributed by atoms with Gasteiger partial charge in [-0.1, -0.05) is 162 Å². The largest absolute Gasteiger partial charge is 0.544 e. The van der Waals surface area contributed by atoms with Crippen molar-refractivity contribution in [2.75, 3.05) is 66.5 Å². The van der Waals surface area contributed by atoms with E-state index in [0.29, 0.717) is 28.5 Å². The number of likely N-dealkylation sites (tertiary alicyclic amines) is 3. The maximum Gasteiger partial charge on any atom is 0.408 e. The molecule has 3 aliphatic heterocycles. The highest BCUT2D eigenvalue weighted by Crippen LogP contribution is 2.43. The number of nitro benzene ring substituents is 1. The number of benzene rings is 6. The second-order valence-electron chi connectivity index (χ2n) is 43.7. The van der Waals surface area contributed by atoms with Crippen LogP contribution in [-0.4, -0.2) is 198 Å². The molecule has 0 unspecified atom stereocenters. The molecule has 6 aromatic rings. The fourth-order valence-electron chi connectivity index (χ4n) is 13.2. The number of carboxylic acids is 2. The van der Waals surface area contributed by atoms with Crippen molar-refractivity contribution in [1.29, 1.82) is 0 Å². The minimum absolute atomic E-state index is 0.00325. The van der Waals surface area contributed by atoms with Crippen LogP contribution in [0, 0.1) is 10.1 Å². The molecule has 738 valence electrons. The van der Waals surface area contributed by atoms with Gasteiger partial charge in [-0.25, -0.2) is 24.0 Å². The van der Waals surface area contributed by atoms with Crippen LogP contribution >= 0.6 is 0 Å². The zero-order valence-corrected chi connectivity index (χ0v) is 89.5. The molecular formula is C101H159N9O19Si4. The van der Waals surface area contributed by atoms with E-state index in [0.717, 1.165) is 80.5 Å². The number of phenolic OH excluding ortho intramolecular Hbond substituents is 1. The quantitative estimate of drug-likeness (QED) is 0.0104. The Morgan fingerprint density at radius 3 is 1.01 bits per heavy atom. The topological polar surface area (TPSA) is 349 Å². The molecule has 28 nitrogen and oxygen atoms in total. The van der Waals surface area contributed by atoms with Gasteiger partial charge in [-0.2, -0.15) is 0 Å². The summed E-state index contributed by atoms with van der Waals surface area (Å²) in [4.78, 5) is 104. The van der Waals surface area contributed by atoms with Gasteiger partial charge in [-0.15, -0.1) is 0 Å². The number of hydrogen-bond acceptors (Lipinski definition) is 20. The van der Waals surface area contributed by atoms with Gasteiger partial charge in [0.05, 0.1) is 17.4 Å². The van der Waals surface area contributed by atoms with Crippen molar-refractivity contribution in [1.82, 2.24) is 40.9 Å². The van der Waals surface area contributed by atoms with E-state index in [4.69, 9.17) is 42.1 Å². The smallest absolute Gasteiger partial charge is 0.408 e. The van der Waals surface area contributed by atoms with Crippen molar-refractivity contribution in [3.63, 3.8) is 0 Å². The Morgan fingerprint density at radius 2 is 0.699 bits per heavy atom. The van der Waals surface area contributed by atoms with Crippen LogP contribution in [0.3, 0.4) is 0 Å². The summed E-state index contributed by atoms with van der Waals surface area (Å²) in [5.41, 5.74) is 2.29. The Kier molecular flexibility index (Phi) is 41.1. The molecule has 3 heterocycles. The van der Waals surface area contributed by atoms with Crippen LogP contribution in [0.15, 0.2) is 146 Å². The summed E-state index contributed by atoms with van der Waals surface area (Å²) < 4.78 is 40.9. The monoisotopic (exact) mass is 1910 g/mol. The van der Waals surface area contributed by atoms with Crippen molar-refractivity contribution in [2.24, 2.45) is 0 Å². The average Bonchev–Trinajstić information content (AvgIpc) is 1.37. The third-order valence-corrected chi connectivity index (χ3v) is 42.5. The number of para-hydroxylation sites is 1. The van der Waals surface area contributed by atoms with Gasteiger partial charge in [0.25, 0.3) is 5.69 Å². The summed E-state index contributed by atoms with van der Waals surface area (Å²) in [6, 6.07) is 40.2. The van der Waals surface area contributed by atoms with E-state index in [2.05, 4.69) is 210 Å². The lowest BCUT2D eigenvalue weighted by molar-refractivity contribution is -0.385. The van der Waals surface area contributed by atoms with Gasteiger partial charge in [0.1, 0.15) is 51.6 Å². The SMILES string of the molecule is CC(C)(C)OC(=O)N[C@H](C(=O)N1CCCC1)c1ccc(O[Si](C)(C)C(C)(C)C)cc1.CC(C)(C)OC(=O)N[C@H](C(=O)O)c1ccc(O)cc1.CC(C)(C)OC(=O)N[C@H](C(=O)O)c1ccc(O[Si](C)(C)C(C)(C)C)cc1.CN(C(=O)Cc1ccccc1[N+](=O)[O-])[C@H](CN1CCCC1)c1ccc(O[Si](C)(C)C(C)(C)C)cc1.CN[C@H](CN1CCCC1)c1ccc(O[Si](C)(C)C(C)(C)C)cc1. The number of nitrogens with zero attached hydrogens (tertiary/aromatic N) is 5. The van der Waals surface area contributed by atoms with Gasteiger partial charge >= 0.3 is 30.2 Å². The number of carbonyl (C=O) groups excluding carboxylic acids is 5. The van der Waals surface area contributed by atoms with E-state index in [1.807, 2.05) is 41.3 Å². The number of hydrogen-bond donors (Lipinski definition) is 7. The van der Waals surface area contributed by atoms with Gasteiger partial charge in [0.2, 0.25) is 45.1 Å². The Labute approximate surface area is 797 Å². The molecule has 9 rings (SSSR count). The van der Waals surface area contributed by atoms with Crippen molar-refractivity contribution in [2.45, 2.75) is 310 Å². The van der Waals surface area contributed by atoms with Gasteiger partial charge in [0, 0.05) is 50.9 Å². The van der Waals surface area contributed by atoms with Crippen LogP contribution in [0.25, 0.3) is 0 Å². The number of likely N-dealkylation sites (N-methyl/N-ethyl adjacent to an activating group) is 2. The first kappa shape index (κ1) is 114. The number of carbonyl (C=O) groups is 7. The van der Waals surface area contributed by atoms with Crippen molar-refractivity contribution in [3.05, 3.63) is 189 Å². The zero-order valence-electron chi connectivity index (χ0n) is 85.5. The van der Waals surface area contributed by atoms with Gasteiger partial charge in [-0.3, -0.25) is 19.7 Å². The molecule has 5 amide bonds. The van der Waals surface area contributed by atoms with Crippen LogP contribution in [0.4, 0.5) is 20.1 Å². The maximum absolute atomic E-state index is 13.3. The Bertz CT molecular complexity index is 4720. The molecule has 6 aromatic carbocycles. The molecule has 0 saturated carbocycles. The fraction of sp³-hybridized carbons (Fsp3) is 0.574. The summed E-state index contributed by atoms with van der Waals surface area (Å²) >= 11 is 0. The number of phenols is 1. The van der Waals surface area contributed by atoms with Crippen molar-refractivity contribution in [3.8, 4) is 28.7 Å². The number of nitrogens with one attached hydrogen (secondary N) is 4. The van der Waals surface area contributed by atoms with Crippen molar-refractivity contribution < 1.29 is 85.7 Å². The molecule has 3 fully saturated rings. The molecule has 0 aromatic heterocycles. The summed E-state index contributed by atoms with van der Waals surface area (Å²) in [6.07, 6.45) is 4.82. The molecule has 0 aliphatic carbocycles. The number of amides is 5. The second-order valence-corrected chi connectivity index (χ2v) is 62.6. The highest BCUT2D eigenvalue weighted by Gasteiger charge is 2.44. The van der Waals surface area contributed by atoms with E-state index in [9.17, 15) is 48.8 Å². The van der Waals surface area contributed by atoms with E-state index >= 15 is 0 Å². The minimum Gasteiger partial charge on any atom is -0.544 e. The number of nitro groups is 1. The van der Waals surface area contributed by atoms with Crippen LogP contribution in [-0.2, 0) is 39.8 Å². The fourth-order valence-corrected chi connectivity index (χ4v) is 17.4. The van der Waals surface area contributed by atoms with E-state index in [-0.39, 0.29) is 55.9 Å². The van der Waals surface area contributed by atoms with E-state index in [1.165, 1.54) is 74.7 Å². The standard InChI is InChI=1S/C27H39N3O4Si.C23H38N2O4Si.C19H34N2OSi.C19H31NO5Si.C13H17NO5/c1-27(2,3)35(5,6)34-23-15-13-21(14-16-23)25(20-29-17-9-10-18-29)28(4)26(31)19-22-11-7-8-12-24(22)30(32)33;1-22(2,3)28-21(27)24-19(20(26)25-15-9-10-16-25)17-11-13-18(14-12-17)29-30(7,8)23(4,5)6;1-19(2,3)23(5,6)22-17-11-9-16(10-12-17)18(20-4)15-21-13-7-8-14-21;1-18(2,3)24-17(23)20-15(16(21)22)13-9-11-14(12-10-13)25-26(7,8)19(4,5)6;1-13(2,3)19-12(18)14-10(11(16)17)8-4-6-9(15)7-5-8/h7-8,11-16,25H,9-10,17-20H2,1-6H3;11-14,19H,9-10,15-16H2,1-8H3,(H,24,27);9-12,18,20H,7-8,13-15H2,1-6H3;9-12,15H,1-8H3,(H,20,23)(H,21,22);4-7,10,15H,1-3H3,(H,14,18)(H,16,17)/t25-;19-;18-;15-;10-/m10100/s1. The summed E-state index contributed by atoms with van der Waals surface area (Å²) in [5, 5.41) is 50.5. The first-order valence-corrected chi connectivity index (χ1v) is 58.0. The predicted molar refractivity (Wildman–Crippen MR) is 538 cm³/mol. The lowest BCUT2D eigenvalue weighted by atomic mass is 10.0. The maximum atomic E-state index is 13.3. The molecule has 0 bridgehead atoms. The first-order chi connectivity index (χ1) is 61.1. The van der Waals surface area contributed by atoms with E-state index in [1.54, 1.807) is 117 Å². The van der Waals surface area contributed by atoms with Crippen LogP contribution in [0.1, 0.15) is 248 Å². The normalized spacial score (nSPS) is 15.4. The highest BCUT2D eigenvalue weighted by atomic mass is 28.4. The first-order valence-electron chi connectivity index (χ1n) is 46.4. The minimum atomic E-state index is -1.97. The summed E-state index contributed by atoms with van der Waals surface area (Å²) in [7, 11) is -3.76. The van der Waals surface area contributed by atoms with Crippen LogP contribution in [0.5, 0.6) is 28.7 Å². The molecule has 7 N–H and O–H groups in total. The molecule has 0 radical (unpaired) electrons. The molecule has 133 heavy (non-hydrogen) atoms. The lowest BCUT2D eigenvalue weighted by Gasteiger charge is -2.36. The van der Waals surface area contributed by atoms with E-state index < -0.39 is 103 Å². The second kappa shape index (κ2) is 48.1. The molecule has 3 saturated heterocycles. The Morgan fingerprint density at radius 1 is 0.414 bits per heavy atom. The van der Waals surface area contributed by atoms with Crippen LogP contribution in [0.2, 0.25) is 72.5 Å². The molecule has 32 heteroatoms. The number of ether oxygens (including phenoxy) is 3. The highest BCUT2D eigenvalue weighted by molar-refractivity contribution is 6.76. The summed E-state index contributed by atoms with van der Waals surface area (Å²) in [6.45, 7) is 67.7. The predicted octanol–water partition coefficient (Wildman–Crippen LogP) is 22.3. The number of rotatable bonds is 28. The Hall–Kier alpha value is -9.84. The number of aliphatic carboxylic acids is 2. The third kappa shape index (κ3) is 37.4. The lowest BCUT2D eigenvalue weighted by Crippen LogP contribution is -2.44. The molecular weight excluding hydrogens is 1760 g/mol. The zero-order chi connectivity index (χ0) is 101. The molecule has 3 aliphatic rings. The number of carboxylic acid groups (broad SMARTS) is 2.